The smallest absolute Gasteiger partial charge is 0.251 e. The van der Waals surface area contributed by atoms with Crippen LogP contribution in [-0.4, -0.2) is 31.1 Å². The van der Waals surface area contributed by atoms with Crippen molar-refractivity contribution in [1.29, 1.82) is 0 Å². The number of nitrogens with zero attached hydrogens (tertiary/aromatic N) is 1. The largest absolute Gasteiger partial charge is 0.390 e. The number of hydrogen-bond donors (Lipinski definition) is 2. The van der Waals surface area contributed by atoms with Crippen LogP contribution in [0.3, 0.4) is 0 Å². The van der Waals surface area contributed by atoms with Crippen LogP contribution in [-0.2, 0) is 23.7 Å². The van der Waals surface area contributed by atoms with Gasteiger partial charge in [-0.3, -0.25) is 0 Å². The molecule has 0 saturated heterocycles. The van der Waals surface area contributed by atoms with Gasteiger partial charge in [0.15, 0.2) is 0 Å². The van der Waals surface area contributed by atoms with Crippen LogP contribution in [0.2, 0.25) is 0 Å². The number of alkyl halides is 2. The average molecular weight is 254 g/mol. The van der Waals surface area contributed by atoms with Gasteiger partial charge in [-0.1, -0.05) is 0 Å². The van der Waals surface area contributed by atoms with E-state index < -0.39 is 23.0 Å². The Labute approximate surface area is 91.7 Å². The predicted molar refractivity (Wildman–Crippen MR) is 52.5 cm³/mol. The van der Waals surface area contributed by atoms with E-state index in [0.717, 1.165) is 0 Å². The Kier molecular flexibility index (Phi) is 4.00. The zero-order valence-electron chi connectivity index (χ0n) is 8.52. The second-order valence-corrected chi connectivity index (χ2v) is 4.95. The highest BCUT2D eigenvalue weighted by atomic mass is 32.2. The molecule has 1 heterocycles. The van der Waals surface area contributed by atoms with Gasteiger partial charge in [0.05, 0.1) is 18.0 Å². The predicted octanol–water partition coefficient (Wildman–Crippen LogP) is 0.0608. The number of aryl methyl sites for hydroxylation is 1. The molecule has 1 rings (SSSR count). The van der Waals surface area contributed by atoms with Gasteiger partial charge in [0.25, 0.3) is 6.43 Å². The summed E-state index contributed by atoms with van der Waals surface area (Å²) < 4.78 is 49.9. The molecule has 0 saturated carbocycles. The lowest BCUT2D eigenvalue weighted by molar-refractivity contribution is 0.153. The van der Waals surface area contributed by atoms with Crippen molar-refractivity contribution in [2.24, 2.45) is 7.05 Å². The number of halogens is 2. The molecule has 0 aliphatic carbocycles. The molecule has 0 aliphatic rings. The Hall–Kier alpha value is -0.990. The van der Waals surface area contributed by atoms with Gasteiger partial charge in [-0.25, -0.2) is 21.9 Å². The number of nitrogens with one attached hydrogen (secondary N) is 1. The lowest BCUT2D eigenvalue weighted by atomic mass is 10.5. The topological polar surface area (TPSA) is 71.3 Å². The number of hydrogen-bond acceptors (Lipinski definition) is 3. The van der Waals surface area contributed by atoms with E-state index in [0.29, 0.717) is 5.69 Å². The molecule has 16 heavy (non-hydrogen) atoms. The molecule has 0 aliphatic heterocycles. The van der Waals surface area contributed by atoms with E-state index in [1.54, 1.807) is 11.8 Å². The summed E-state index contributed by atoms with van der Waals surface area (Å²) in [6.07, 6.45) is -1.49. The van der Waals surface area contributed by atoms with Gasteiger partial charge >= 0.3 is 0 Å². The number of aromatic nitrogens is 1. The second-order valence-electron chi connectivity index (χ2n) is 3.18. The summed E-state index contributed by atoms with van der Waals surface area (Å²) >= 11 is 0. The Bertz CT molecular complexity index is 456. The van der Waals surface area contributed by atoms with E-state index in [4.69, 9.17) is 5.11 Å². The third kappa shape index (κ3) is 3.00. The maximum Gasteiger partial charge on any atom is 0.251 e. The lowest BCUT2D eigenvalue weighted by Gasteiger charge is -2.03. The van der Waals surface area contributed by atoms with Gasteiger partial charge in [0, 0.05) is 18.9 Å². The molecule has 0 aromatic carbocycles. The van der Waals surface area contributed by atoms with Gasteiger partial charge < -0.3 is 9.67 Å². The number of sulfonamides is 1. The molecule has 0 spiro atoms. The summed E-state index contributed by atoms with van der Waals surface area (Å²) in [4.78, 5) is -0.139. The summed E-state index contributed by atoms with van der Waals surface area (Å²) in [5.74, 6) is 0. The van der Waals surface area contributed by atoms with Gasteiger partial charge in [0.1, 0.15) is 0 Å². The summed E-state index contributed by atoms with van der Waals surface area (Å²) in [7, 11) is -2.38. The monoisotopic (exact) mass is 254 g/mol. The van der Waals surface area contributed by atoms with E-state index in [2.05, 4.69) is 0 Å². The van der Waals surface area contributed by atoms with Crippen molar-refractivity contribution in [1.82, 2.24) is 9.29 Å². The molecule has 0 atom stereocenters. The summed E-state index contributed by atoms with van der Waals surface area (Å²) in [6.45, 7) is -1.24. The van der Waals surface area contributed by atoms with E-state index in [1.807, 2.05) is 0 Å². The number of aliphatic hydroxyl groups is 1. The minimum atomic E-state index is -3.93. The average Bonchev–Trinajstić information content (AvgIpc) is 2.57. The Morgan fingerprint density at radius 3 is 2.62 bits per heavy atom. The normalized spacial score (nSPS) is 12.3. The van der Waals surface area contributed by atoms with Crippen molar-refractivity contribution >= 4 is 10.0 Å². The van der Waals surface area contributed by atoms with Crippen LogP contribution in [0.4, 0.5) is 8.78 Å². The van der Waals surface area contributed by atoms with Crippen LogP contribution in [0, 0.1) is 0 Å². The van der Waals surface area contributed by atoms with E-state index in [-0.39, 0.29) is 11.5 Å². The van der Waals surface area contributed by atoms with Crippen molar-refractivity contribution in [3.05, 3.63) is 18.0 Å². The van der Waals surface area contributed by atoms with E-state index >= 15 is 0 Å². The first kappa shape index (κ1) is 13.1. The van der Waals surface area contributed by atoms with Crippen LogP contribution in [0.1, 0.15) is 5.69 Å². The summed E-state index contributed by atoms with van der Waals surface area (Å²) in [5, 5.41) is 8.86. The molecule has 1 aromatic heterocycles. The molecule has 92 valence electrons. The second kappa shape index (κ2) is 4.89. The summed E-state index contributed by atoms with van der Waals surface area (Å²) in [5.41, 5.74) is 0.387. The molecule has 5 nitrogen and oxygen atoms in total. The Balaban J connectivity index is 2.90. The maximum absolute atomic E-state index is 11.9. The SMILES string of the molecule is Cn1cc(S(=O)(=O)NCC(F)F)cc1CO. The van der Waals surface area contributed by atoms with Crippen molar-refractivity contribution in [2.75, 3.05) is 6.54 Å². The highest BCUT2D eigenvalue weighted by Gasteiger charge is 2.18. The molecule has 0 amide bonds. The van der Waals surface area contributed by atoms with Crippen molar-refractivity contribution in [3.63, 3.8) is 0 Å². The first-order valence-corrected chi connectivity index (χ1v) is 5.89. The molecule has 2 N–H and O–H groups in total. The van der Waals surface area contributed by atoms with Gasteiger partial charge in [-0.2, -0.15) is 0 Å². The highest BCUT2D eigenvalue weighted by molar-refractivity contribution is 7.89. The van der Waals surface area contributed by atoms with Crippen molar-refractivity contribution in [3.8, 4) is 0 Å². The van der Waals surface area contributed by atoms with E-state index in [9.17, 15) is 17.2 Å². The highest BCUT2D eigenvalue weighted by Crippen LogP contribution is 2.13. The zero-order chi connectivity index (χ0) is 12.3. The molecule has 0 unspecified atom stereocenters. The number of rotatable bonds is 5. The third-order valence-electron chi connectivity index (χ3n) is 1.98. The van der Waals surface area contributed by atoms with Gasteiger partial charge in [-0.05, 0) is 6.07 Å². The first-order chi connectivity index (χ1) is 7.36. The molecule has 0 fully saturated rings. The zero-order valence-corrected chi connectivity index (χ0v) is 9.34. The first-order valence-electron chi connectivity index (χ1n) is 4.40. The van der Waals surface area contributed by atoms with Crippen LogP contribution >= 0.6 is 0 Å². The summed E-state index contributed by atoms with van der Waals surface area (Å²) in [6, 6.07) is 1.23. The Morgan fingerprint density at radius 2 is 2.19 bits per heavy atom. The fraction of sp³-hybridized carbons (Fsp3) is 0.500. The van der Waals surface area contributed by atoms with E-state index in [1.165, 1.54) is 16.8 Å². The Morgan fingerprint density at radius 1 is 1.56 bits per heavy atom. The quantitative estimate of drug-likeness (QED) is 0.780. The molecule has 8 heteroatoms. The fourth-order valence-corrected chi connectivity index (χ4v) is 2.24. The molecule has 0 bridgehead atoms. The number of aliphatic hydroxyl groups excluding tert-OH is 1. The molecule has 1 aromatic rings. The molecule has 0 radical (unpaired) electrons. The minimum Gasteiger partial charge on any atom is -0.390 e. The lowest BCUT2D eigenvalue weighted by Crippen LogP contribution is -2.28. The minimum absolute atomic E-state index is 0.139. The third-order valence-corrected chi connectivity index (χ3v) is 3.37. The van der Waals surface area contributed by atoms with Crippen LogP contribution < -0.4 is 4.72 Å². The van der Waals surface area contributed by atoms with Crippen molar-refractivity contribution in [2.45, 2.75) is 17.9 Å². The van der Waals surface area contributed by atoms with Gasteiger partial charge in [-0.15, -0.1) is 0 Å². The van der Waals surface area contributed by atoms with Gasteiger partial charge in [0.2, 0.25) is 10.0 Å². The maximum atomic E-state index is 11.9. The van der Waals surface area contributed by atoms with Crippen LogP contribution in [0.25, 0.3) is 0 Å². The fourth-order valence-electron chi connectivity index (χ4n) is 1.14. The molecular weight excluding hydrogens is 242 g/mol. The van der Waals surface area contributed by atoms with Crippen LogP contribution in [0.5, 0.6) is 0 Å². The standard InChI is InChI=1S/C8H12F2N2O3S/c1-12-4-7(2-6(12)5-13)16(14,15)11-3-8(9)10/h2,4,8,11,13H,3,5H2,1H3. The van der Waals surface area contributed by atoms with Crippen LogP contribution in [0.15, 0.2) is 17.2 Å². The van der Waals surface area contributed by atoms with Crippen molar-refractivity contribution < 1.29 is 22.3 Å². The molecular formula is C8H12F2N2O3S.